The summed E-state index contributed by atoms with van der Waals surface area (Å²) >= 11 is 1.72. The molecular weight excluding hydrogens is 206 g/mol. The van der Waals surface area contributed by atoms with Gasteiger partial charge in [0.05, 0.1) is 4.88 Å². The second-order valence-corrected chi connectivity index (χ2v) is 4.99. The molecule has 0 aliphatic heterocycles. The number of rotatable bonds is 1. The Morgan fingerprint density at radius 2 is 2.40 bits per heavy atom. The van der Waals surface area contributed by atoms with Gasteiger partial charge in [0, 0.05) is 12.5 Å². The molecule has 1 aliphatic rings. The Bertz CT molecular complexity index is 458. The number of thiophene rings is 1. The molecule has 0 amide bonds. The Kier molecular flexibility index (Phi) is 2.15. The number of fused-ring (bicyclic) bond motifs is 1. The van der Waals surface area contributed by atoms with Crippen LogP contribution in [0.5, 0.6) is 0 Å². The predicted molar refractivity (Wildman–Crippen MR) is 62.0 cm³/mol. The van der Waals surface area contributed by atoms with Crippen LogP contribution in [-0.2, 0) is 12.8 Å². The van der Waals surface area contributed by atoms with Crippen molar-refractivity contribution in [3.63, 3.8) is 0 Å². The van der Waals surface area contributed by atoms with Gasteiger partial charge in [-0.3, -0.25) is 0 Å². The van der Waals surface area contributed by atoms with E-state index < -0.39 is 0 Å². The molecule has 0 fully saturated rings. The van der Waals surface area contributed by atoms with E-state index >= 15 is 0 Å². The monoisotopic (exact) mass is 219 g/mol. The van der Waals surface area contributed by atoms with Crippen molar-refractivity contribution >= 4 is 11.3 Å². The van der Waals surface area contributed by atoms with Crippen LogP contribution >= 0.6 is 11.3 Å². The first-order valence-electron chi connectivity index (χ1n) is 5.24. The number of nitrogens with two attached hydrogens (primary N) is 1. The maximum atomic E-state index is 5.92. The molecule has 15 heavy (non-hydrogen) atoms. The van der Waals surface area contributed by atoms with Crippen LogP contribution in [0.15, 0.2) is 28.0 Å². The van der Waals surface area contributed by atoms with Crippen molar-refractivity contribution in [1.29, 1.82) is 0 Å². The van der Waals surface area contributed by atoms with Crippen LogP contribution in [0, 0.1) is 0 Å². The predicted octanol–water partition coefficient (Wildman–Crippen LogP) is 2.82. The normalized spacial score (nSPS) is 20.2. The Labute approximate surface area is 92.7 Å². The lowest BCUT2D eigenvalue weighted by molar-refractivity contribution is 0.457. The fraction of sp³-hybridized carbons (Fsp3) is 0.333. The third-order valence-electron chi connectivity index (χ3n) is 2.89. The van der Waals surface area contributed by atoms with Gasteiger partial charge in [0.1, 0.15) is 11.5 Å². The standard InChI is InChI=1S/C12H13NOS/c13-9-4-3-8-6-11(14-10(8)7-9)12-2-1-5-15-12/h1-2,5-6,9H,3-4,7,13H2. The zero-order valence-electron chi connectivity index (χ0n) is 8.40. The lowest BCUT2D eigenvalue weighted by Gasteiger charge is -2.15. The second-order valence-electron chi connectivity index (χ2n) is 4.04. The molecule has 1 aliphatic carbocycles. The molecule has 1 unspecified atom stereocenters. The Balaban J connectivity index is 2.00. The molecule has 2 N–H and O–H groups in total. The highest BCUT2D eigenvalue weighted by atomic mass is 32.1. The van der Waals surface area contributed by atoms with Gasteiger partial charge < -0.3 is 10.2 Å². The lowest BCUT2D eigenvalue weighted by atomic mass is 9.95. The summed E-state index contributed by atoms with van der Waals surface area (Å²) < 4.78 is 5.85. The SMILES string of the molecule is NC1CCc2cc(-c3cccs3)oc2C1. The van der Waals surface area contributed by atoms with Crippen LogP contribution in [0.25, 0.3) is 10.6 Å². The third kappa shape index (κ3) is 1.62. The van der Waals surface area contributed by atoms with Gasteiger partial charge in [-0.25, -0.2) is 0 Å². The van der Waals surface area contributed by atoms with Crippen LogP contribution in [0.4, 0.5) is 0 Å². The summed E-state index contributed by atoms with van der Waals surface area (Å²) in [5.74, 6) is 2.10. The molecule has 3 rings (SSSR count). The maximum absolute atomic E-state index is 5.92. The fourth-order valence-corrected chi connectivity index (χ4v) is 2.75. The average Bonchev–Trinajstić information content (AvgIpc) is 2.84. The Morgan fingerprint density at radius 3 is 3.20 bits per heavy atom. The zero-order chi connectivity index (χ0) is 10.3. The van der Waals surface area contributed by atoms with E-state index in [0.29, 0.717) is 0 Å². The van der Waals surface area contributed by atoms with Gasteiger partial charge in [-0.2, -0.15) is 0 Å². The van der Waals surface area contributed by atoms with E-state index in [0.717, 1.165) is 30.8 Å². The van der Waals surface area contributed by atoms with Crippen molar-refractivity contribution in [1.82, 2.24) is 0 Å². The van der Waals surface area contributed by atoms with Crippen molar-refractivity contribution in [2.24, 2.45) is 5.73 Å². The molecule has 2 aromatic heterocycles. The maximum Gasteiger partial charge on any atom is 0.144 e. The molecule has 0 saturated heterocycles. The molecule has 0 aromatic carbocycles. The minimum absolute atomic E-state index is 0.278. The van der Waals surface area contributed by atoms with E-state index in [1.165, 1.54) is 10.4 Å². The number of furan rings is 1. The third-order valence-corrected chi connectivity index (χ3v) is 3.78. The van der Waals surface area contributed by atoms with Gasteiger partial charge in [-0.1, -0.05) is 6.07 Å². The average molecular weight is 219 g/mol. The van der Waals surface area contributed by atoms with Gasteiger partial charge in [-0.15, -0.1) is 11.3 Å². The van der Waals surface area contributed by atoms with Crippen molar-refractivity contribution < 1.29 is 4.42 Å². The van der Waals surface area contributed by atoms with Crippen LogP contribution < -0.4 is 5.73 Å². The Morgan fingerprint density at radius 1 is 1.47 bits per heavy atom. The van der Waals surface area contributed by atoms with Gasteiger partial charge in [0.15, 0.2) is 0 Å². The van der Waals surface area contributed by atoms with Crippen LogP contribution in [-0.4, -0.2) is 6.04 Å². The largest absolute Gasteiger partial charge is 0.460 e. The van der Waals surface area contributed by atoms with Crippen molar-refractivity contribution in [3.8, 4) is 10.6 Å². The van der Waals surface area contributed by atoms with E-state index in [1.54, 1.807) is 11.3 Å². The quantitative estimate of drug-likeness (QED) is 0.801. The molecular formula is C12H13NOS. The summed E-state index contributed by atoms with van der Waals surface area (Å²) in [7, 11) is 0. The highest BCUT2D eigenvalue weighted by Crippen LogP contribution is 2.32. The van der Waals surface area contributed by atoms with Crippen LogP contribution in [0.2, 0.25) is 0 Å². The minimum atomic E-state index is 0.278. The van der Waals surface area contributed by atoms with Crippen molar-refractivity contribution in [2.45, 2.75) is 25.3 Å². The van der Waals surface area contributed by atoms with E-state index in [-0.39, 0.29) is 6.04 Å². The van der Waals surface area contributed by atoms with Gasteiger partial charge in [0.2, 0.25) is 0 Å². The highest BCUT2D eigenvalue weighted by molar-refractivity contribution is 7.13. The number of hydrogen-bond acceptors (Lipinski definition) is 3. The fourth-order valence-electron chi connectivity index (χ4n) is 2.07. The first-order valence-corrected chi connectivity index (χ1v) is 6.12. The summed E-state index contributed by atoms with van der Waals surface area (Å²) in [6.07, 6.45) is 3.03. The lowest BCUT2D eigenvalue weighted by Crippen LogP contribution is -2.26. The summed E-state index contributed by atoms with van der Waals surface area (Å²) in [5.41, 5.74) is 7.27. The molecule has 0 spiro atoms. The number of aryl methyl sites for hydroxylation is 1. The zero-order valence-corrected chi connectivity index (χ0v) is 9.22. The molecule has 3 heteroatoms. The molecule has 0 radical (unpaired) electrons. The molecule has 0 saturated carbocycles. The van der Waals surface area contributed by atoms with E-state index in [4.69, 9.17) is 10.2 Å². The van der Waals surface area contributed by atoms with Gasteiger partial charge >= 0.3 is 0 Å². The Hall–Kier alpha value is -1.06. The first kappa shape index (κ1) is 9.19. The summed E-state index contributed by atoms with van der Waals surface area (Å²) in [4.78, 5) is 1.21. The van der Waals surface area contributed by atoms with Crippen molar-refractivity contribution in [2.75, 3.05) is 0 Å². The summed E-state index contributed by atoms with van der Waals surface area (Å²) in [6, 6.07) is 6.59. The van der Waals surface area contributed by atoms with E-state index in [9.17, 15) is 0 Å². The summed E-state index contributed by atoms with van der Waals surface area (Å²) in [6.45, 7) is 0. The highest BCUT2D eigenvalue weighted by Gasteiger charge is 2.20. The topological polar surface area (TPSA) is 39.2 Å². The molecule has 1 atom stereocenters. The first-order chi connectivity index (χ1) is 7.33. The molecule has 2 heterocycles. The van der Waals surface area contributed by atoms with E-state index in [1.807, 2.05) is 6.07 Å². The minimum Gasteiger partial charge on any atom is -0.460 e. The van der Waals surface area contributed by atoms with Crippen molar-refractivity contribution in [3.05, 3.63) is 34.9 Å². The van der Waals surface area contributed by atoms with Crippen LogP contribution in [0.1, 0.15) is 17.7 Å². The number of hydrogen-bond donors (Lipinski definition) is 1. The molecule has 78 valence electrons. The van der Waals surface area contributed by atoms with E-state index in [2.05, 4.69) is 17.5 Å². The second kappa shape index (κ2) is 3.51. The molecule has 2 aromatic rings. The smallest absolute Gasteiger partial charge is 0.144 e. The van der Waals surface area contributed by atoms with Gasteiger partial charge in [0.25, 0.3) is 0 Å². The van der Waals surface area contributed by atoms with Gasteiger partial charge in [-0.05, 0) is 35.9 Å². The molecule has 2 nitrogen and oxygen atoms in total. The van der Waals surface area contributed by atoms with Crippen LogP contribution in [0.3, 0.4) is 0 Å². The summed E-state index contributed by atoms with van der Waals surface area (Å²) in [5, 5.41) is 2.07. The molecule has 0 bridgehead atoms.